The molecule has 3 rings (SSSR count). The van der Waals surface area contributed by atoms with Gasteiger partial charge in [0.1, 0.15) is 24.2 Å². The van der Waals surface area contributed by atoms with Gasteiger partial charge in [-0.15, -0.1) is 0 Å². The summed E-state index contributed by atoms with van der Waals surface area (Å²) in [7, 11) is 0. The van der Waals surface area contributed by atoms with Crippen LogP contribution in [0, 0.1) is 13.8 Å². The number of aryl methyl sites for hydroxylation is 2. The van der Waals surface area contributed by atoms with Gasteiger partial charge in [0.25, 0.3) is 5.91 Å². The minimum absolute atomic E-state index is 0.0743. The Hall–Kier alpha value is -2.15. The number of furan rings is 1. The molecule has 1 aliphatic heterocycles. The minimum atomic E-state index is 0.0743. The second-order valence-electron chi connectivity index (χ2n) is 5.62. The van der Waals surface area contributed by atoms with E-state index in [0.717, 1.165) is 45.0 Å². The summed E-state index contributed by atoms with van der Waals surface area (Å²) in [4.78, 5) is 20.7. The van der Waals surface area contributed by atoms with E-state index in [-0.39, 0.29) is 5.91 Å². The molecule has 0 radical (unpaired) electrons. The Morgan fingerprint density at radius 3 is 2.59 bits per heavy atom. The molecule has 118 valence electrons. The Bertz CT molecular complexity index is 626. The number of aromatic nitrogens is 3. The number of rotatable bonds is 4. The van der Waals surface area contributed by atoms with Crippen molar-refractivity contribution >= 4 is 5.91 Å². The Morgan fingerprint density at radius 1 is 1.23 bits per heavy atom. The lowest BCUT2D eigenvalue weighted by atomic mass is 10.2. The summed E-state index contributed by atoms with van der Waals surface area (Å²) in [6, 6.07) is 1.83. The van der Waals surface area contributed by atoms with Gasteiger partial charge in [0.2, 0.25) is 0 Å². The maximum atomic E-state index is 12.5. The molecular weight excluding hydrogens is 282 g/mol. The number of nitrogens with zero attached hydrogens (tertiary/aromatic N) is 5. The summed E-state index contributed by atoms with van der Waals surface area (Å²) in [6.45, 7) is 8.73. The first-order valence-corrected chi connectivity index (χ1v) is 7.54. The molecule has 0 spiro atoms. The number of hydrogen-bond donors (Lipinski definition) is 0. The van der Waals surface area contributed by atoms with Crippen LogP contribution in [-0.4, -0.2) is 63.2 Å². The molecule has 7 nitrogen and oxygen atoms in total. The first-order valence-electron chi connectivity index (χ1n) is 7.54. The average molecular weight is 303 g/mol. The van der Waals surface area contributed by atoms with Crippen molar-refractivity contribution in [2.75, 3.05) is 32.7 Å². The molecular formula is C15H21N5O2. The fourth-order valence-electron chi connectivity index (χ4n) is 2.78. The molecule has 0 aromatic carbocycles. The normalized spacial score (nSPS) is 16.2. The van der Waals surface area contributed by atoms with E-state index in [0.29, 0.717) is 11.3 Å². The SMILES string of the molecule is Cc1cc(C(=O)N2CCN(CCn3cncn3)CC2)c(C)o1. The molecule has 2 aromatic rings. The number of piperazine rings is 1. The molecule has 0 atom stereocenters. The zero-order valence-corrected chi connectivity index (χ0v) is 13.0. The third kappa shape index (κ3) is 3.19. The first-order chi connectivity index (χ1) is 10.6. The van der Waals surface area contributed by atoms with Crippen molar-refractivity contribution in [3.05, 3.63) is 35.8 Å². The predicted molar refractivity (Wildman–Crippen MR) is 80.5 cm³/mol. The molecule has 1 saturated heterocycles. The highest BCUT2D eigenvalue weighted by Crippen LogP contribution is 2.17. The van der Waals surface area contributed by atoms with Gasteiger partial charge in [-0.2, -0.15) is 5.10 Å². The molecule has 0 bridgehead atoms. The van der Waals surface area contributed by atoms with Crippen LogP contribution in [0.2, 0.25) is 0 Å². The van der Waals surface area contributed by atoms with Gasteiger partial charge in [0, 0.05) is 32.7 Å². The predicted octanol–water partition coefficient (Wildman–Crippen LogP) is 0.946. The average Bonchev–Trinajstić information content (AvgIpc) is 3.14. The van der Waals surface area contributed by atoms with Gasteiger partial charge in [-0.05, 0) is 19.9 Å². The molecule has 0 saturated carbocycles. The highest BCUT2D eigenvalue weighted by molar-refractivity contribution is 5.95. The molecule has 0 aliphatic carbocycles. The first kappa shape index (κ1) is 14.8. The lowest BCUT2D eigenvalue weighted by molar-refractivity contribution is 0.0630. The van der Waals surface area contributed by atoms with Crippen molar-refractivity contribution in [2.45, 2.75) is 20.4 Å². The van der Waals surface area contributed by atoms with Crippen molar-refractivity contribution in [3.8, 4) is 0 Å². The highest BCUT2D eigenvalue weighted by Gasteiger charge is 2.24. The van der Waals surface area contributed by atoms with Crippen LogP contribution in [0.5, 0.6) is 0 Å². The summed E-state index contributed by atoms with van der Waals surface area (Å²) in [5.41, 5.74) is 0.688. The minimum Gasteiger partial charge on any atom is -0.466 e. The maximum absolute atomic E-state index is 12.5. The van der Waals surface area contributed by atoms with E-state index < -0.39 is 0 Å². The summed E-state index contributed by atoms with van der Waals surface area (Å²) < 4.78 is 7.28. The Balaban J connectivity index is 1.51. The highest BCUT2D eigenvalue weighted by atomic mass is 16.3. The van der Waals surface area contributed by atoms with Crippen LogP contribution in [0.25, 0.3) is 0 Å². The van der Waals surface area contributed by atoms with Crippen molar-refractivity contribution in [1.29, 1.82) is 0 Å². The summed E-state index contributed by atoms with van der Waals surface area (Å²) >= 11 is 0. The van der Waals surface area contributed by atoms with Crippen LogP contribution in [0.15, 0.2) is 23.1 Å². The van der Waals surface area contributed by atoms with Crippen LogP contribution in [0.1, 0.15) is 21.9 Å². The van der Waals surface area contributed by atoms with Crippen LogP contribution >= 0.6 is 0 Å². The third-order valence-corrected chi connectivity index (χ3v) is 4.04. The van der Waals surface area contributed by atoms with Gasteiger partial charge in [-0.25, -0.2) is 4.98 Å². The fourth-order valence-corrected chi connectivity index (χ4v) is 2.78. The monoisotopic (exact) mass is 303 g/mol. The quantitative estimate of drug-likeness (QED) is 0.841. The Morgan fingerprint density at radius 2 is 2.00 bits per heavy atom. The maximum Gasteiger partial charge on any atom is 0.257 e. The topological polar surface area (TPSA) is 67.4 Å². The molecule has 2 aromatic heterocycles. The lowest BCUT2D eigenvalue weighted by Gasteiger charge is -2.34. The molecule has 0 N–H and O–H groups in total. The van der Waals surface area contributed by atoms with Crippen LogP contribution in [0.4, 0.5) is 0 Å². The van der Waals surface area contributed by atoms with Gasteiger partial charge in [0.15, 0.2) is 0 Å². The zero-order valence-electron chi connectivity index (χ0n) is 13.0. The standard InChI is InChI=1S/C15H21N5O2/c1-12-9-14(13(2)22-12)15(21)19-6-3-18(4-7-19)5-8-20-11-16-10-17-20/h9-11H,3-8H2,1-2H3. The second kappa shape index (κ2) is 6.31. The van der Waals surface area contributed by atoms with E-state index in [9.17, 15) is 4.79 Å². The lowest BCUT2D eigenvalue weighted by Crippen LogP contribution is -2.49. The Labute approximate surface area is 129 Å². The number of hydrogen-bond acceptors (Lipinski definition) is 5. The third-order valence-electron chi connectivity index (χ3n) is 4.04. The second-order valence-corrected chi connectivity index (χ2v) is 5.62. The van der Waals surface area contributed by atoms with Gasteiger partial charge in [-0.1, -0.05) is 0 Å². The molecule has 1 amide bonds. The smallest absolute Gasteiger partial charge is 0.257 e. The van der Waals surface area contributed by atoms with E-state index in [1.54, 1.807) is 12.7 Å². The van der Waals surface area contributed by atoms with Crippen molar-refractivity contribution in [2.24, 2.45) is 0 Å². The molecule has 0 unspecified atom stereocenters. The number of carbonyl (C=O) groups excluding carboxylic acids is 1. The van der Waals surface area contributed by atoms with Crippen molar-refractivity contribution in [3.63, 3.8) is 0 Å². The Kier molecular flexibility index (Phi) is 4.24. The molecule has 3 heterocycles. The molecule has 1 fully saturated rings. The number of carbonyl (C=O) groups is 1. The van der Waals surface area contributed by atoms with Gasteiger partial charge in [0.05, 0.1) is 12.1 Å². The largest absolute Gasteiger partial charge is 0.466 e. The van der Waals surface area contributed by atoms with E-state index >= 15 is 0 Å². The fraction of sp³-hybridized carbons (Fsp3) is 0.533. The van der Waals surface area contributed by atoms with Crippen LogP contribution in [0.3, 0.4) is 0 Å². The summed E-state index contributed by atoms with van der Waals surface area (Å²) in [5.74, 6) is 1.56. The zero-order chi connectivity index (χ0) is 15.5. The van der Waals surface area contributed by atoms with Crippen LogP contribution in [-0.2, 0) is 6.54 Å². The van der Waals surface area contributed by atoms with Gasteiger partial charge < -0.3 is 9.32 Å². The van der Waals surface area contributed by atoms with Crippen molar-refractivity contribution in [1.82, 2.24) is 24.6 Å². The van der Waals surface area contributed by atoms with E-state index in [4.69, 9.17) is 4.42 Å². The van der Waals surface area contributed by atoms with Crippen molar-refractivity contribution < 1.29 is 9.21 Å². The molecule has 22 heavy (non-hydrogen) atoms. The van der Waals surface area contributed by atoms with E-state index in [1.165, 1.54) is 0 Å². The van der Waals surface area contributed by atoms with Crippen LogP contribution < -0.4 is 0 Å². The van der Waals surface area contributed by atoms with Gasteiger partial charge in [-0.3, -0.25) is 14.4 Å². The summed E-state index contributed by atoms with van der Waals surface area (Å²) in [5, 5.41) is 4.10. The van der Waals surface area contributed by atoms with E-state index in [2.05, 4.69) is 15.0 Å². The van der Waals surface area contributed by atoms with E-state index in [1.807, 2.05) is 29.5 Å². The molecule has 7 heteroatoms. The van der Waals surface area contributed by atoms with Gasteiger partial charge >= 0.3 is 0 Å². The number of amides is 1. The summed E-state index contributed by atoms with van der Waals surface area (Å²) in [6.07, 6.45) is 3.27. The molecule has 1 aliphatic rings.